The van der Waals surface area contributed by atoms with E-state index in [0.717, 1.165) is 17.7 Å². The Morgan fingerprint density at radius 3 is 2.88 bits per heavy atom. The average Bonchev–Trinajstić information content (AvgIpc) is 2.75. The second kappa shape index (κ2) is 6.78. The van der Waals surface area contributed by atoms with Crippen LogP contribution >= 0.6 is 0 Å². The first-order valence-corrected chi connectivity index (χ1v) is 7.94. The Morgan fingerprint density at radius 2 is 2.08 bits per heavy atom. The maximum absolute atomic E-state index is 12.7. The summed E-state index contributed by atoms with van der Waals surface area (Å²) in [5.41, 5.74) is 3.87. The molecule has 0 aliphatic carbocycles. The lowest BCUT2D eigenvalue weighted by atomic mass is 10.1. The van der Waals surface area contributed by atoms with Gasteiger partial charge in [0.05, 0.1) is 7.11 Å². The highest BCUT2D eigenvalue weighted by Crippen LogP contribution is 2.26. The number of urea groups is 1. The standard InChI is InChI=1S/C18H22N4O2/c1-13-10-15(17(24-3)19-11-13)20-18(23)22-9-8-21(2)16-7-5-4-6-14(16)12-22/h4-7,10-11H,8-9,12H2,1-3H3,(H,20,23). The van der Waals surface area contributed by atoms with Gasteiger partial charge in [0.25, 0.3) is 0 Å². The van der Waals surface area contributed by atoms with Gasteiger partial charge in [0, 0.05) is 38.6 Å². The van der Waals surface area contributed by atoms with Crippen molar-refractivity contribution < 1.29 is 9.53 Å². The highest BCUT2D eigenvalue weighted by Gasteiger charge is 2.22. The molecule has 1 aliphatic rings. The van der Waals surface area contributed by atoms with Crippen molar-refractivity contribution >= 4 is 17.4 Å². The van der Waals surface area contributed by atoms with Gasteiger partial charge in [-0.25, -0.2) is 9.78 Å². The first-order chi connectivity index (χ1) is 11.6. The Bertz CT molecular complexity index is 748. The minimum atomic E-state index is -0.147. The van der Waals surface area contributed by atoms with E-state index in [1.54, 1.807) is 13.3 Å². The number of benzene rings is 1. The minimum Gasteiger partial charge on any atom is -0.480 e. The third-order valence-electron chi connectivity index (χ3n) is 4.18. The predicted molar refractivity (Wildman–Crippen MR) is 94.7 cm³/mol. The molecule has 1 aromatic heterocycles. The Balaban J connectivity index is 1.80. The molecule has 0 spiro atoms. The van der Waals surface area contributed by atoms with E-state index in [9.17, 15) is 4.79 Å². The van der Waals surface area contributed by atoms with Gasteiger partial charge in [-0.15, -0.1) is 0 Å². The zero-order valence-corrected chi connectivity index (χ0v) is 14.2. The summed E-state index contributed by atoms with van der Waals surface area (Å²) in [5.74, 6) is 0.418. The maximum Gasteiger partial charge on any atom is 0.322 e. The van der Waals surface area contributed by atoms with Crippen molar-refractivity contribution in [2.75, 3.05) is 37.5 Å². The SMILES string of the molecule is COc1ncc(C)cc1NC(=O)N1CCN(C)c2ccccc2C1. The number of nitrogens with zero attached hydrogens (tertiary/aromatic N) is 3. The number of carbonyl (C=O) groups excluding carboxylic acids is 1. The van der Waals surface area contributed by atoms with Crippen LogP contribution in [-0.2, 0) is 6.54 Å². The number of pyridine rings is 1. The second-order valence-electron chi connectivity index (χ2n) is 5.97. The molecule has 2 amide bonds. The van der Waals surface area contributed by atoms with Gasteiger partial charge in [-0.1, -0.05) is 18.2 Å². The molecule has 2 heterocycles. The number of para-hydroxylation sites is 1. The van der Waals surface area contributed by atoms with Gasteiger partial charge in [0.2, 0.25) is 5.88 Å². The largest absolute Gasteiger partial charge is 0.480 e. The number of carbonyl (C=O) groups is 1. The van der Waals surface area contributed by atoms with Crippen molar-refractivity contribution in [3.63, 3.8) is 0 Å². The van der Waals surface area contributed by atoms with Crippen molar-refractivity contribution in [2.24, 2.45) is 0 Å². The first kappa shape index (κ1) is 16.1. The molecule has 6 heteroatoms. The molecule has 0 radical (unpaired) electrons. The summed E-state index contributed by atoms with van der Waals surface area (Å²) in [4.78, 5) is 20.9. The molecule has 24 heavy (non-hydrogen) atoms. The van der Waals surface area contributed by atoms with Gasteiger partial charge in [-0.3, -0.25) is 0 Å². The lowest BCUT2D eigenvalue weighted by Crippen LogP contribution is -2.37. The van der Waals surface area contributed by atoms with Crippen LogP contribution in [-0.4, -0.2) is 43.2 Å². The van der Waals surface area contributed by atoms with Gasteiger partial charge < -0.3 is 19.9 Å². The smallest absolute Gasteiger partial charge is 0.322 e. The molecule has 0 bridgehead atoms. The Kier molecular flexibility index (Phi) is 4.55. The van der Waals surface area contributed by atoms with Crippen molar-refractivity contribution in [2.45, 2.75) is 13.5 Å². The van der Waals surface area contributed by atoms with E-state index >= 15 is 0 Å². The van der Waals surface area contributed by atoms with Crippen molar-refractivity contribution in [3.05, 3.63) is 47.7 Å². The normalized spacial score (nSPS) is 14.0. The Hall–Kier alpha value is -2.76. The lowest BCUT2D eigenvalue weighted by molar-refractivity contribution is 0.211. The van der Waals surface area contributed by atoms with Crippen LogP contribution in [0.25, 0.3) is 0 Å². The highest BCUT2D eigenvalue weighted by atomic mass is 16.5. The number of aryl methyl sites for hydroxylation is 1. The third-order valence-corrected chi connectivity index (χ3v) is 4.18. The van der Waals surface area contributed by atoms with Crippen LogP contribution in [0.5, 0.6) is 5.88 Å². The molecule has 0 atom stereocenters. The van der Waals surface area contributed by atoms with Crippen LogP contribution < -0.4 is 15.0 Å². The van der Waals surface area contributed by atoms with E-state index in [-0.39, 0.29) is 6.03 Å². The van der Waals surface area contributed by atoms with E-state index in [1.807, 2.05) is 37.1 Å². The average molecular weight is 326 g/mol. The van der Waals surface area contributed by atoms with Crippen molar-refractivity contribution in [1.29, 1.82) is 0 Å². The number of hydrogen-bond acceptors (Lipinski definition) is 4. The Morgan fingerprint density at radius 1 is 1.29 bits per heavy atom. The summed E-state index contributed by atoms with van der Waals surface area (Å²) in [6, 6.07) is 9.89. The molecular formula is C18H22N4O2. The van der Waals surface area contributed by atoms with Gasteiger partial charge in [-0.05, 0) is 30.2 Å². The predicted octanol–water partition coefficient (Wildman–Crippen LogP) is 2.88. The molecule has 126 valence electrons. The summed E-state index contributed by atoms with van der Waals surface area (Å²) in [6.45, 7) is 3.94. The topological polar surface area (TPSA) is 57.7 Å². The number of ether oxygens (including phenoxy) is 1. The van der Waals surface area contributed by atoms with Crippen molar-refractivity contribution in [3.8, 4) is 5.88 Å². The molecule has 1 aliphatic heterocycles. The van der Waals surface area contributed by atoms with E-state index in [1.165, 1.54) is 5.69 Å². The van der Waals surface area contributed by atoms with Gasteiger partial charge in [0.1, 0.15) is 5.69 Å². The second-order valence-corrected chi connectivity index (χ2v) is 5.97. The Labute approximate surface area is 142 Å². The molecule has 0 saturated heterocycles. The molecule has 0 saturated carbocycles. The van der Waals surface area contributed by atoms with Crippen molar-refractivity contribution in [1.82, 2.24) is 9.88 Å². The first-order valence-electron chi connectivity index (χ1n) is 7.94. The summed E-state index contributed by atoms with van der Waals surface area (Å²) in [6.07, 6.45) is 1.71. The zero-order chi connectivity index (χ0) is 17.1. The van der Waals surface area contributed by atoms with E-state index < -0.39 is 0 Å². The number of methoxy groups -OCH3 is 1. The van der Waals surface area contributed by atoms with Crippen LogP contribution in [0.1, 0.15) is 11.1 Å². The van der Waals surface area contributed by atoms with E-state index in [0.29, 0.717) is 24.7 Å². The summed E-state index contributed by atoms with van der Waals surface area (Å²) in [5, 5.41) is 2.93. The summed E-state index contributed by atoms with van der Waals surface area (Å²) in [7, 11) is 3.60. The number of likely N-dealkylation sites (N-methyl/N-ethyl adjacent to an activating group) is 1. The summed E-state index contributed by atoms with van der Waals surface area (Å²) < 4.78 is 5.23. The number of nitrogens with one attached hydrogen (secondary N) is 1. The fourth-order valence-electron chi connectivity index (χ4n) is 2.87. The molecule has 3 rings (SSSR count). The molecule has 1 N–H and O–H groups in total. The van der Waals surface area contributed by atoms with Gasteiger partial charge in [-0.2, -0.15) is 0 Å². The van der Waals surface area contributed by atoms with Crippen LogP contribution in [0.4, 0.5) is 16.2 Å². The molecule has 6 nitrogen and oxygen atoms in total. The van der Waals surface area contributed by atoms with Crippen LogP contribution in [0.2, 0.25) is 0 Å². The molecule has 0 unspecified atom stereocenters. The van der Waals surface area contributed by atoms with Crippen LogP contribution in [0.3, 0.4) is 0 Å². The fourth-order valence-corrected chi connectivity index (χ4v) is 2.87. The summed E-state index contributed by atoms with van der Waals surface area (Å²) >= 11 is 0. The number of fused-ring (bicyclic) bond motifs is 1. The fraction of sp³-hybridized carbons (Fsp3) is 0.333. The number of rotatable bonds is 2. The zero-order valence-electron chi connectivity index (χ0n) is 14.2. The van der Waals surface area contributed by atoms with Gasteiger partial charge in [0.15, 0.2) is 0 Å². The molecule has 0 fully saturated rings. The highest BCUT2D eigenvalue weighted by molar-refractivity contribution is 5.91. The number of hydrogen-bond donors (Lipinski definition) is 1. The molecular weight excluding hydrogens is 304 g/mol. The number of aromatic nitrogens is 1. The number of anilines is 2. The van der Waals surface area contributed by atoms with Gasteiger partial charge >= 0.3 is 6.03 Å². The quantitative estimate of drug-likeness (QED) is 0.922. The lowest BCUT2D eigenvalue weighted by Gasteiger charge is -2.22. The number of amides is 2. The van der Waals surface area contributed by atoms with E-state index in [2.05, 4.69) is 27.3 Å². The minimum absolute atomic E-state index is 0.147. The van der Waals surface area contributed by atoms with E-state index in [4.69, 9.17) is 4.74 Å². The van der Waals surface area contributed by atoms with Crippen LogP contribution in [0.15, 0.2) is 36.5 Å². The molecule has 1 aromatic carbocycles. The molecule has 2 aromatic rings. The third kappa shape index (κ3) is 3.27. The van der Waals surface area contributed by atoms with Crippen LogP contribution in [0, 0.1) is 6.92 Å². The monoisotopic (exact) mass is 326 g/mol. The maximum atomic E-state index is 12.7.